The molecule has 140 valence electrons. The van der Waals surface area contributed by atoms with E-state index in [9.17, 15) is 10.1 Å². The van der Waals surface area contributed by atoms with Crippen molar-refractivity contribution in [1.29, 1.82) is 5.26 Å². The monoisotopic (exact) mass is 391 g/mol. The van der Waals surface area contributed by atoms with Gasteiger partial charge in [0.25, 0.3) is 5.91 Å². The summed E-state index contributed by atoms with van der Waals surface area (Å²) in [6.07, 6.45) is 0. The average molecular weight is 392 g/mol. The lowest BCUT2D eigenvalue weighted by molar-refractivity contribution is 0.102. The molecule has 0 saturated heterocycles. The Kier molecular flexibility index (Phi) is 5.57. The van der Waals surface area contributed by atoms with Crippen molar-refractivity contribution in [3.05, 3.63) is 75.7 Å². The van der Waals surface area contributed by atoms with Crippen LogP contribution in [0.25, 0.3) is 0 Å². The Morgan fingerprint density at radius 1 is 1.11 bits per heavy atom. The molecule has 0 aliphatic carbocycles. The molecule has 0 aliphatic heterocycles. The van der Waals surface area contributed by atoms with E-state index in [0.717, 1.165) is 16.8 Å². The fourth-order valence-electron chi connectivity index (χ4n) is 2.83. The van der Waals surface area contributed by atoms with Crippen molar-refractivity contribution in [3.63, 3.8) is 0 Å². The van der Waals surface area contributed by atoms with Crippen molar-refractivity contribution in [3.8, 4) is 6.07 Å². The third kappa shape index (κ3) is 4.27. The minimum atomic E-state index is -0.428. The van der Waals surface area contributed by atoms with Gasteiger partial charge in [-0.15, -0.1) is 0 Å². The third-order valence-electron chi connectivity index (χ3n) is 4.05. The molecule has 3 rings (SSSR count). The minimum absolute atomic E-state index is 0.184. The van der Waals surface area contributed by atoms with Crippen molar-refractivity contribution in [2.24, 2.45) is 0 Å². The molecule has 1 aromatic heterocycles. The lowest BCUT2D eigenvalue weighted by Crippen LogP contribution is -2.16. The molecule has 0 aliphatic rings. The molecule has 1 heterocycles. The Bertz CT molecular complexity index is 1080. The van der Waals surface area contributed by atoms with Gasteiger partial charge in [0.15, 0.2) is 0 Å². The van der Waals surface area contributed by atoms with Gasteiger partial charge < -0.3 is 10.6 Å². The van der Waals surface area contributed by atoms with Gasteiger partial charge in [-0.05, 0) is 50.1 Å². The smallest absolute Gasteiger partial charge is 0.274 e. The number of nitrogens with zero attached hydrogens (tertiary/aromatic N) is 3. The van der Waals surface area contributed by atoms with Crippen LogP contribution in [0.2, 0.25) is 5.02 Å². The van der Waals surface area contributed by atoms with Crippen LogP contribution >= 0.6 is 11.6 Å². The quantitative estimate of drug-likeness (QED) is 0.658. The van der Waals surface area contributed by atoms with Gasteiger partial charge in [-0.3, -0.25) is 4.79 Å². The number of nitriles is 1. The first-order valence-electron chi connectivity index (χ1n) is 8.57. The van der Waals surface area contributed by atoms with Gasteiger partial charge >= 0.3 is 0 Å². The molecule has 6 nitrogen and oxygen atoms in total. The molecule has 0 atom stereocenters. The van der Waals surface area contributed by atoms with Gasteiger partial charge in [-0.2, -0.15) is 5.26 Å². The van der Waals surface area contributed by atoms with E-state index in [1.54, 1.807) is 37.3 Å². The molecule has 2 aromatic carbocycles. The van der Waals surface area contributed by atoms with Crippen LogP contribution in [-0.4, -0.2) is 15.9 Å². The number of hydrogen-bond acceptors (Lipinski definition) is 5. The number of rotatable bonds is 4. The SMILES string of the molecule is Cc1cc(C)c(Nc2cc(C(=O)Nc3ccccc3C#N)nc(C)n2)c(Cl)c1. The first-order chi connectivity index (χ1) is 13.4. The number of benzene rings is 2. The van der Waals surface area contributed by atoms with Gasteiger partial charge in [0.2, 0.25) is 0 Å². The second-order valence-electron chi connectivity index (χ2n) is 6.36. The molecule has 0 bridgehead atoms. The predicted molar refractivity (Wildman–Crippen MR) is 110 cm³/mol. The molecule has 0 spiro atoms. The number of hydrogen-bond donors (Lipinski definition) is 2. The summed E-state index contributed by atoms with van der Waals surface area (Å²) >= 11 is 6.35. The van der Waals surface area contributed by atoms with Crippen LogP contribution in [0.15, 0.2) is 42.5 Å². The van der Waals surface area contributed by atoms with E-state index in [0.29, 0.717) is 27.9 Å². The zero-order valence-corrected chi connectivity index (χ0v) is 16.4. The Labute approximate surface area is 168 Å². The zero-order chi connectivity index (χ0) is 20.3. The van der Waals surface area contributed by atoms with Crippen LogP contribution in [0.5, 0.6) is 0 Å². The summed E-state index contributed by atoms with van der Waals surface area (Å²) in [5.41, 5.74) is 3.74. The van der Waals surface area contributed by atoms with E-state index in [1.165, 1.54) is 0 Å². The van der Waals surface area contributed by atoms with Crippen molar-refractivity contribution in [1.82, 2.24) is 9.97 Å². The summed E-state index contributed by atoms with van der Waals surface area (Å²) in [7, 11) is 0. The fraction of sp³-hybridized carbons (Fsp3) is 0.143. The predicted octanol–water partition coefficient (Wildman–Crippen LogP) is 4.92. The molecule has 3 aromatic rings. The summed E-state index contributed by atoms with van der Waals surface area (Å²) in [5, 5.41) is 15.6. The van der Waals surface area contributed by atoms with Crippen molar-refractivity contribution >= 4 is 34.7 Å². The Morgan fingerprint density at radius 3 is 2.57 bits per heavy atom. The number of anilines is 3. The van der Waals surface area contributed by atoms with E-state index < -0.39 is 5.91 Å². The Balaban J connectivity index is 1.90. The van der Waals surface area contributed by atoms with Gasteiger partial charge in [0, 0.05) is 6.07 Å². The molecular weight excluding hydrogens is 374 g/mol. The van der Waals surface area contributed by atoms with Gasteiger partial charge in [-0.1, -0.05) is 29.8 Å². The highest BCUT2D eigenvalue weighted by Gasteiger charge is 2.14. The topological polar surface area (TPSA) is 90.7 Å². The fourth-order valence-corrected chi connectivity index (χ4v) is 3.19. The summed E-state index contributed by atoms with van der Waals surface area (Å²) in [6, 6.07) is 14.2. The largest absolute Gasteiger partial charge is 0.339 e. The molecule has 2 N–H and O–H groups in total. The maximum Gasteiger partial charge on any atom is 0.274 e. The van der Waals surface area contributed by atoms with Gasteiger partial charge in [0.1, 0.15) is 23.4 Å². The maximum absolute atomic E-state index is 12.7. The molecule has 1 amide bonds. The number of aryl methyl sites for hydroxylation is 3. The minimum Gasteiger partial charge on any atom is -0.339 e. The summed E-state index contributed by atoms with van der Waals surface area (Å²) in [6.45, 7) is 5.62. The van der Waals surface area contributed by atoms with Crippen molar-refractivity contribution in [2.75, 3.05) is 10.6 Å². The Hall–Kier alpha value is -3.43. The summed E-state index contributed by atoms with van der Waals surface area (Å²) < 4.78 is 0. The van der Waals surface area contributed by atoms with Crippen molar-refractivity contribution in [2.45, 2.75) is 20.8 Å². The molecule has 0 fully saturated rings. The highest BCUT2D eigenvalue weighted by molar-refractivity contribution is 6.33. The van der Waals surface area contributed by atoms with Crippen LogP contribution in [0.3, 0.4) is 0 Å². The number of para-hydroxylation sites is 1. The second-order valence-corrected chi connectivity index (χ2v) is 6.77. The molecule has 0 radical (unpaired) electrons. The number of nitrogens with one attached hydrogen (secondary N) is 2. The van der Waals surface area contributed by atoms with E-state index in [1.807, 2.05) is 26.0 Å². The lowest BCUT2D eigenvalue weighted by atomic mass is 10.1. The first-order valence-corrected chi connectivity index (χ1v) is 8.95. The number of halogens is 1. The molecule has 28 heavy (non-hydrogen) atoms. The van der Waals surface area contributed by atoms with Crippen molar-refractivity contribution < 1.29 is 4.79 Å². The summed E-state index contributed by atoms with van der Waals surface area (Å²) in [5.74, 6) is 0.465. The average Bonchev–Trinajstić information content (AvgIpc) is 2.64. The Morgan fingerprint density at radius 2 is 1.86 bits per heavy atom. The van der Waals surface area contributed by atoms with Gasteiger partial charge in [0.05, 0.1) is 22.0 Å². The molecule has 0 saturated carbocycles. The van der Waals surface area contributed by atoms with Crippen LogP contribution in [-0.2, 0) is 0 Å². The van der Waals surface area contributed by atoms with Crippen LogP contribution < -0.4 is 10.6 Å². The molecule has 0 unspecified atom stereocenters. The second kappa shape index (κ2) is 8.07. The lowest BCUT2D eigenvalue weighted by Gasteiger charge is -2.13. The summed E-state index contributed by atoms with van der Waals surface area (Å²) in [4.78, 5) is 21.2. The third-order valence-corrected chi connectivity index (χ3v) is 4.35. The molecular formula is C21H18ClN5O. The number of carbonyl (C=O) groups excluding carboxylic acids is 1. The van der Waals surface area contributed by atoms with Gasteiger partial charge in [-0.25, -0.2) is 9.97 Å². The zero-order valence-electron chi connectivity index (χ0n) is 15.7. The van der Waals surface area contributed by atoms with E-state index in [2.05, 4.69) is 26.7 Å². The van der Waals surface area contributed by atoms with Crippen LogP contribution in [0.1, 0.15) is 33.0 Å². The highest BCUT2D eigenvalue weighted by Crippen LogP contribution is 2.30. The van der Waals surface area contributed by atoms with Crippen LogP contribution in [0.4, 0.5) is 17.2 Å². The number of carbonyl (C=O) groups is 1. The maximum atomic E-state index is 12.7. The van der Waals surface area contributed by atoms with E-state index in [4.69, 9.17) is 11.6 Å². The highest BCUT2D eigenvalue weighted by atomic mass is 35.5. The first kappa shape index (κ1) is 19.3. The normalized spacial score (nSPS) is 10.2. The number of amides is 1. The van der Waals surface area contributed by atoms with Crippen LogP contribution in [0, 0.1) is 32.1 Å². The van der Waals surface area contributed by atoms with E-state index >= 15 is 0 Å². The molecule has 7 heteroatoms. The van der Waals surface area contributed by atoms with E-state index in [-0.39, 0.29) is 5.69 Å². The number of aromatic nitrogens is 2. The standard InChI is InChI=1S/C21H18ClN5O/c1-12-8-13(2)20(16(22)9-12)27-19-10-18(24-14(3)25-19)21(28)26-17-7-5-4-6-15(17)11-23/h4-10H,1-3H3,(H,26,28)(H,24,25,27).